The smallest absolute Gasteiger partial charge is 0.407 e. The van der Waals surface area contributed by atoms with E-state index in [-0.39, 0.29) is 6.04 Å². The summed E-state index contributed by atoms with van der Waals surface area (Å²) in [6.07, 6.45) is -1.56. The molecule has 12 heavy (non-hydrogen) atoms. The monoisotopic (exact) mass is 174 g/mol. The van der Waals surface area contributed by atoms with Gasteiger partial charge in [0, 0.05) is 32.2 Å². The van der Waals surface area contributed by atoms with E-state index in [0.29, 0.717) is 26.2 Å². The lowest BCUT2D eigenvalue weighted by Crippen LogP contribution is -2.66. The lowest BCUT2D eigenvalue weighted by Gasteiger charge is -2.48. The highest BCUT2D eigenvalue weighted by Gasteiger charge is 2.40. The molecule has 0 bridgehead atoms. The molecule has 2 heterocycles. The first-order valence-corrected chi connectivity index (χ1v) is 4.03. The first-order chi connectivity index (χ1) is 5.66. The van der Waals surface area contributed by atoms with Crippen molar-refractivity contribution < 1.29 is 14.3 Å². The number of likely N-dealkylation sites (tertiary alicyclic amines) is 2. The molecule has 0 radical (unpaired) electrons. The van der Waals surface area contributed by atoms with Gasteiger partial charge in [-0.25, -0.2) is 9.18 Å². The number of nitrogens with zero attached hydrogens (tertiary/aromatic N) is 2. The number of rotatable bonds is 1. The molecule has 2 fully saturated rings. The van der Waals surface area contributed by atoms with Crippen molar-refractivity contribution in [1.29, 1.82) is 0 Å². The number of halogens is 1. The van der Waals surface area contributed by atoms with Gasteiger partial charge in [-0.3, -0.25) is 4.90 Å². The average molecular weight is 174 g/mol. The summed E-state index contributed by atoms with van der Waals surface area (Å²) >= 11 is 0. The molecule has 0 aromatic heterocycles. The maximum absolute atomic E-state index is 12.4. The minimum atomic E-state index is -0.872. The van der Waals surface area contributed by atoms with Gasteiger partial charge in [0.25, 0.3) is 0 Å². The van der Waals surface area contributed by atoms with Gasteiger partial charge in [-0.2, -0.15) is 0 Å². The van der Waals surface area contributed by atoms with Crippen LogP contribution in [-0.4, -0.2) is 59.4 Å². The Kier molecular flexibility index (Phi) is 1.68. The predicted molar refractivity (Wildman–Crippen MR) is 39.9 cm³/mol. The van der Waals surface area contributed by atoms with Gasteiger partial charge < -0.3 is 10.0 Å². The minimum Gasteiger partial charge on any atom is -0.465 e. The average Bonchev–Trinajstić information content (AvgIpc) is 1.79. The molecule has 1 N–H and O–H groups in total. The van der Waals surface area contributed by atoms with Crippen molar-refractivity contribution in [3.05, 3.63) is 0 Å². The SMILES string of the molecule is O=C(O)N1CC(N2CC(F)C2)C1. The van der Waals surface area contributed by atoms with E-state index >= 15 is 0 Å². The third kappa shape index (κ3) is 1.14. The Morgan fingerprint density at radius 2 is 1.92 bits per heavy atom. The van der Waals surface area contributed by atoms with Crippen LogP contribution >= 0.6 is 0 Å². The standard InChI is InChI=1S/C7H11FN2O2/c8-5-1-9(2-5)6-3-10(4-6)7(11)12/h5-6H,1-4H2,(H,11,12). The predicted octanol–water partition coefficient (Wildman–Crippen LogP) is 0.00230. The number of amides is 1. The third-order valence-electron chi connectivity index (χ3n) is 2.51. The summed E-state index contributed by atoms with van der Waals surface area (Å²) in [5.41, 5.74) is 0. The molecule has 1 amide bonds. The molecular formula is C7H11FN2O2. The Morgan fingerprint density at radius 3 is 2.33 bits per heavy atom. The molecule has 5 heteroatoms. The summed E-state index contributed by atoms with van der Waals surface area (Å²) in [5.74, 6) is 0. The number of hydrogen-bond donors (Lipinski definition) is 1. The lowest BCUT2D eigenvalue weighted by molar-refractivity contribution is -0.0333. The van der Waals surface area contributed by atoms with Crippen LogP contribution < -0.4 is 0 Å². The van der Waals surface area contributed by atoms with Crippen LogP contribution in [0.5, 0.6) is 0 Å². The number of carboxylic acid groups (broad SMARTS) is 1. The molecule has 0 spiro atoms. The van der Waals surface area contributed by atoms with Gasteiger partial charge in [-0.05, 0) is 0 Å². The van der Waals surface area contributed by atoms with Gasteiger partial charge in [0.1, 0.15) is 6.17 Å². The summed E-state index contributed by atoms with van der Waals surface area (Å²) in [7, 11) is 0. The van der Waals surface area contributed by atoms with E-state index in [1.54, 1.807) is 0 Å². The molecule has 0 saturated carbocycles. The van der Waals surface area contributed by atoms with Crippen molar-refractivity contribution in [3.63, 3.8) is 0 Å². The van der Waals surface area contributed by atoms with Crippen molar-refractivity contribution >= 4 is 6.09 Å². The summed E-state index contributed by atoms with van der Waals surface area (Å²) in [6.45, 7) is 2.06. The Morgan fingerprint density at radius 1 is 1.33 bits per heavy atom. The molecule has 2 aliphatic heterocycles. The highest BCUT2D eigenvalue weighted by atomic mass is 19.1. The first-order valence-electron chi connectivity index (χ1n) is 4.03. The van der Waals surface area contributed by atoms with Crippen molar-refractivity contribution in [1.82, 2.24) is 9.80 Å². The molecule has 4 nitrogen and oxygen atoms in total. The van der Waals surface area contributed by atoms with Crippen LogP contribution in [0.25, 0.3) is 0 Å². The van der Waals surface area contributed by atoms with Gasteiger partial charge in [0.15, 0.2) is 0 Å². The van der Waals surface area contributed by atoms with Crippen LogP contribution in [0, 0.1) is 0 Å². The molecule has 0 unspecified atom stereocenters. The summed E-state index contributed by atoms with van der Waals surface area (Å²) in [5, 5.41) is 8.51. The fraction of sp³-hybridized carbons (Fsp3) is 0.857. The van der Waals surface area contributed by atoms with Crippen molar-refractivity contribution in [2.45, 2.75) is 12.2 Å². The Balaban J connectivity index is 1.72. The summed E-state index contributed by atoms with van der Waals surface area (Å²) < 4.78 is 12.4. The normalized spacial score (nSPS) is 26.6. The van der Waals surface area contributed by atoms with Crippen LogP contribution in [0.2, 0.25) is 0 Å². The number of hydrogen-bond acceptors (Lipinski definition) is 2. The van der Waals surface area contributed by atoms with E-state index in [9.17, 15) is 9.18 Å². The fourth-order valence-corrected chi connectivity index (χ4v) is 1.60. The highest BCUT2D eigenvalue weighted by molar-refractivity contribution is 5.66. The quantitative estimate of drug-likeness (QED) is 0.608. The Labute approximate surface area is 69.6 Å². The zero-order valence-corrected chi connectivity index (χ0v) is 6.61. The molecule has 0 aromatic rings. The van der Waals surface area contributed by atoms with Gasteiger partial charge in [0.05, 0.1) is 0 Å². The second-order valence-electron chi connectivity index (χ2n) is 3.39. The maximum atomic E-state index is 12.4. The molecule has 0 aromatic carbocycles. The zero-order chi connectivity index (χ0) is 8.72. The van der Waals surface area contributed by atoms with E-state index in [2.05, 4.69) is 0 Å². The van der Waals surface area contributed by atoms with Gasteiger partial charge in [-0.1, -0.05) is 0 Å². The van der Waals surface area contributed by atoms with Crippen LogP contribution in [-0.2, 0) is 0 Å². The van der Waals surface area contributed by atoms with Crippen LogP contribution in [0.15, 0.2) is 0 Å². The third-order valence-corrected chi connectivity index (χ3v) is 2.51. The van der Waals surface area contributed by atoms with Crippen LogP contribution in [0.4, 0.5) is 9.18 Å². The largest absolute Gasteiger partial charge is 0.465 e. The van der Waals surface area contributed by atoms with Crippen molar-refractivity contribution in [2.75, 3.05) is 26.2 Å². The van der Waals surface area contributed by atoms with Crippen molar-refractivity contribution in [2.24, 2.45) is 0 Å². The van der Waals surface area contributed by atoms with Crippen molar-refractivity contribution in [3.8, 4) is 0 Å². The zero-order valence-electron chi connectivity index (χ0n) is 6.61. The van der Waals surface area contributed by atoms with Crippen LogP contribution in [0.3, 0.4) is 0 Å². The second kappa shape index (κ2) is 2.58. The summed E-state index contributed by atoms with van der Waals surface area (Å²) in [4.78, 5) is 13.7. The van der Waals surface area contributed by atoms with Gasteiger partial charge >= 0.3 is 6.09 Å². The Hall–Kier alpha value is -0.840. The summed E-state index contributed by atoms with van der Waals surface area (Å²) in [6, 6.07) is 0.271. The molecule has 0 aliphatic carbocycles. The van der Waals surface area contributed by atoms with E-state index in [1.165, 1.54) is 4.90 Å². The highest BCUT2D eigenvalue weighted by Crippen LogP contribution is 2.21. The van der Waals surface area contributed by atoms with Gasteiger partial charge in [-0.15, -0.1) is 0 Å². The molecule has 2 aliphatic rings. The fourth-order valence-electron chi connectivity index (χ4n) is 1.60. The molecule has 2 rings (SSSR count). The van der Waals surface area contributed by atoms with Crippen LogP contribution in [0.1, 0.15) is 0 Å². The molecule has 0 atom stereocenters. The van der Waals surface area contributed by atoms with Gasteiger partial charge in [0.2, 0.25) is 0 Å². The molecular weight excluding hydrogens is 163 g/mol. The van der Waals surface area contributed by atoms with E-state index in [4.69, 9.17) is 5.11 Å². The molecule has 2 saturated heterocycles. The number of alkyl halides is 1. The Bertz CT molecular complexity index is 200. The van der Waals surface area contributed by atoms with E-state index in [0.717, 1.165) is 0 Å². The first kappa shape index (κ1) is 7.79. The minimum absolute atomic E-state index is 0.271. The lowest BCUT2D eigenvalue weighted by atomic mass is 10.0. The van der Waals surface area contributed by atoms with E-state index in [1.807, 2.05) is 4.90 Å². The second-order valence-corrected chi connectivity index (χ2v) is 3.39. The topological polar surface area (TPSA) is 43.8 Å². The maximum Gasteiger partial charge on any atom is 0.407 e. The van der Waals surface area contributed by atoms with E-state index < -0.39 is 12.3 Å². The molecule has 68 valence electrons. The number of carbonyl (C=O) groups is 1.